The molecule has 0 fully saturated rings. The predicted molar refractivity (Wildman–Crippen MR) is 77.8 cm³/mol. The highest BCUT2D eigenvalue weighted by atomic mass is 16.4. The lowest BCUT2D eigenvalue weighted by atomic mass is 9.94. The van der Waals surface area contributed by atoms with Crippen molar-refractivity contribution in [3.05, 3.63) is 70.8 Å². The van der Waals surface area contributed by atoms with Crippen molar-refractivity contribution in [3.8, 4) is 0 Å². The van der Waals surface area contributed by atoms with Crippen molar-refractivity contribution in [2.75, 3.05) is 6.54 Å². The van der Waals surface area contributed by atoms with Crippen molar-refractivity contribution >= 4 is 5.97 Å². The monoisotopic (exact) mass is 267 g/mol. The molecule has 0 unspecified atom stereocenters. The summed E-state index contributed by atoms with van der Waals surface area (Å²) in [7, 11) is 0. The van der Waals surface area contributed by atoms with Crippen LogP contribution in [0.4, 0.5) is 0 Å². The van der Waals surface area contributed by atoms with Crippen molar-refractivity contribution in [1.29, 1.82) is 0 Å². The molecule has 0 radical (unpaired) electrons. The number of nitrogens with one attached hydrogen (secondary N) is 1. The third-order valence-electron chi connectivity index (χ3n) is 3.85. The zero-order valence-corrected chi connectivity index (χ0v) is 11.2. The normalized spacial score (nSPS) is 14.2. The van der Waals surface area contributed by atoms with E-state index in [0.717, 1.165) is 12.8 Å². The maximum Gasteiger partial charge on any atom is 0.317 e. The number of aliphatic carboxylic acids is 1. The molecular formula is C17H17NO2. The summed E-state index contributed by atoms with van der Waals surface area (Å²) in [5.41, 5.74) is 4.98. The summed E-state index contributed by atoms with van der Waals surface area (Å²) in [4.78, 5) is 10.9. The molecule has 3 rings (SSSR count). The molecular weight excluding hydrogens is 250 g/mol. The van der Waals surface area contributed by atoms with E-state index in [9.17, 15) is 4.79 Å². The lowest BCUT2D eigenvalue weighted by Crippen LogP contribution is -2.28. The van der Waals surface area contributed by atoms with Gasteiger partial charge in [-0.25, -0.2) is 0 Å². The minimum atomic E-state index is -0.829. The van der Waals surface area contributed by atoms with Crippen LogP contribution in [0.1, 0.15) is 28.3 Å². The Balaban J connectivity index is 2.06. The van der Waals surface area contributed by atoms with Gasteiger partial charge in [-0.1, -0.05) is 48.5 Å². The van der Waals surface area contributed by atoms with E-state index in [1.807, 2.05) is 24.3 Å². The second-order valence-electron chi connectivity index (χ2n) is 5.11. The SMILES string of the molecule is O=C(O)CNC1c2ccccc2CCc2ccccc21. The van der Waals surface area contributed by atoms with Gasteiger partial charge in [-0.05, 0) is 35.1 Å². The minimum Gasteiger partial charge on any atom is -0.480 e. The van der Waals surface area contributed by atoms with Crippen LogP contribution in [0.15, 0.2) is 48.5 Å². The summed E-state index contributed by atoms with van der Waals surface area (Å²) in [6.45, 7) is -0.0344. The van der Waals surface area contributed by atoms with Gasteiger partial charge in [0.2, 0.25) is 0 Å². The van der Waals surface area contributed by atoms with Gasteiger partial charge in [-0.3, -0.25) is 10.1 Å². The van der Waals surface area contributed by atoms with Crippen LogP contribution < -0.4 is 5.32 Å². The van der Waals surface area contributed by atoms with E-state index in [2.05, 4.69) is 29.6 Å². The molecule has 3 nitrogen and oxygen atoms in total. The molecule has 20 heavy (non-hydrogen) atoms. The maximum atomic E-state index is 10.9. The number of carboxylic acids is 1. The molecule has 2 aromatic rings. The van der Waals surface area contributed by atoms with Crippen molar-refractivity contribution in [2.24, 2.45) is 0 Å². The number of hydrogen-bond donors (Lipinski definition) is 2. The van der Waals surface area contributed by atoms with Crippen molar-refractivity contribution in [3.63, 3.8) is 0 Å². The first kappa shape index (κ1) is 12.9. The average Bonchev–Trinajstić information content (AvgIpc) is 2.62. The van der Waals surface area contributed by atoms with Crippen molar-refractivity contribution in [1.82, 2.24) is 5.32 Å². The Bertz CT molecular complexity index is 589. The summed E-state index contributed by atoms with van der Waals surface area (Å²) in [5, 5.41) is 12.1. The molecule has 0 spiro atoms. The molecule has 3 heteroatoms. The van der Waals surface area contributed by atoms with Crippen LogP contribution in [0.25, 0.3) is 0 Å². The number of carbonyl (C=O) groups is 1. The third kappa shape index (κ3) is 2.45. The van der Waals surface area contributed by atoms with E-state index in [4.69, 9.17) is 5.11 Å². The number of carboxylic acid groups (broad SMARTS) is 1. The highest BCUT2D eigenvalue weighted by molar-refractivity contribution is 5.69. The zero-order chi connectivity index (χ0) is 13.9. The first-order valence-electron chi connectivity index (χ1n) is 6.86. The summed E-state index contributed by atoms with van der Waals surface area (Å²) < 4.78 is 0. The smallest absolute Gasteiger partial charge is 0.317 e. The van der Waals surface area contributed by atoms with E-state index in [1.165, 1.54) is 22.3 Å². The van der Waals surface area contributed by atoms with Crippen LogP contribution in [0.5, 0.6) is 0 Å². The average molecular weight is 267 g/mol. The Kier molecular flexibility index (Phi) is 3.52. The van der Waals surface area contributed by atoms with Crippen LogP contribution >= 0.6 is 0 Å². The first-order valence-corrected chi connectivity index (χ1v) is 6.86. The van der Waals surface area contributed by atoms with Gasteiger partial charge in [-0.2, -0.15) is 0 Å². The molecule has 0 amide bonds. The van der Waals surface area contributed by atoms with Gasteiger partial charge >= 0.3 is 5.97 Å². The summed E-state index contributed by atoms with van der Waals surface area (Å²) in [6, 6.07) is 16.5. The second-order valence-corrected chi connectivity index (χ2v) is 5.11. The van der Waals surface area contributed by atoms with Crippen molar-refractivity contribution in [2.45, 2.75) is 18.9 Å². The molecule has 0 saturated heterocycles. The van der Waals surface area contributed by atoms with Gasteiger partial charge in [0.05, 0.1) is 12.6 Å². The van der Waals surface area contributed by atoms with Crippen LogP contribution in [-0.4, -0.2) is 17.6 Å². The molecule has 1 aliphatic rings. The molecule has 1 aliphatic carbocycles. The molecule has 2 aromatic carbocycles. The molecule has 0 saturated carbocycles. The fourth-order valence-corrected chi connectivity index (χ4v) is 2.93. The largest absolute Gasteiger partial charge is 0.480 e. The highest BCUT2D eigenvalue weighted by Gasteiger charge is 2.23. The molecule has 0 heterocycles. The Morgan fingerprint density at radius 3 is 2.00 bits per heavy atom. The maximum absolute atomic E-state index is 10.9. The summed E-state index contributed by atoms with van der Waals surface area (Å²) in [5.74, 6) is -0.829. The van der Waals surface area contributed by atoms with E-state index < -0.39 is 5.97 Å². The van der Waals surface area contributed by atoms with Gasteiger partial charge in [-0.15, -0.1) is 0 Å². The quantitative estimate of drug-likeness (QED) is 0.898. The van der Waals surface area contributed by atoms with Crippen LogP contribution in [0, 0.1) is 0 Å². The standard InChI is InChI=1S/C17H17NO2/c19-16(20)11-18-17-14-7-3-1-5-12(14)9-10-13-6-2-4-8-15(13)17/h1-8,17-18H,9-11H2,(H,19,20). The summed E-state index contributed by atoms with van der Waals surface area (Å²) in [6.07, 6.45) is 2.00. The number of benzene rings is 2. The lowest BCUT2D eigenvalue weighted by molar-refractivity contribution is -0.136. The highest BCUT2D eigenvalue weighted by Crippen LogP contribution is 2.32. The zero-order valence-electron chi connectivity index (χ0n) is 11.2. The topological polar surface area (TPSA) is 49.3 Å². The predicted octanol–water partition coefficient (Wildman–Crippen LogP) is 2.55. The Labute approximate surface area is 118 Å². The number of rotatable bonds is 3. The fourth-order valence-electron chi connectivity index (χ4n) is 2.93. The number of aryl methyl sites for hydroxylation is 2. The third-order valence-corrected chi connectivity index (χ3v) is 3.85. The first-order chi connectivity index (χ1) is 9.75. The molecule has 0 bridgehead atoms. The summed E-state index contributed by atoms with van der Waals surface area (Å²) >= 11 is 0. The van der Waals surface area contributed by atoms with Gasteiger partial charge in [0, 0.05) is 0 Å². The van der Waals surface area contributed by atoms with Crippen LogP contribution in [0.3, 0.4) is 0 Å². The molecule has 0 aromatic heterocycles. The molecule has 0 atom stereocenters. The number of hydrogen-bond acceptors (Lipinski definition) is 2. The molecule has 0 aliphatic heterocycles. The second kappa shape index (κ2) is 5.47. The minimum absolute atomic E-state index is 0.0344. The molecule has 2 N–H and O–H groups in total. The lowest BCUT2D eigenvalue weighted by Gasteiger charge is -2.21. The fraction of sp³-hybridized carbons (Fsp3) is 0.235. The van der Waals surface area contributed by atoms with E-state index in [-0.39, 0.29) is 12.6 Å². The van der Waals surface area contributed by atoms with E-state index in [1.54, 1.807) is 0 Å². The van der Waals surface area contributed by atoms with Gasteiger partial charge in [0.1, 0.15) is 0 Å². The van der Waals surface area contributed by atoms with Crippen LogP contribution in [-0.2, 0) is 17.6 Å². The van der Waals surface area contributed by atoms with Crippen LogP contribution in [0.2, 0.25) is 0 Å². The van der Waals surface area contributed by atoms with E-state index >= 15 is 0 Å². The van der Waals surface area contributed by atoms with E-state index in [0.29, 0.717) is 0 Å². The Morgan fingerprint density at radius 2 is 1.50 bits per heavy atom. The Hall–Kier alpha value is -2.13. The van der Waals surface area contributed by atoms with Gasteiger partial charge in [0.15, 0.2) is 0 Å². The van der Waals surface area contributed by atoms with Gasteiger partial charge in [0.25, 0.3) is 0 Å². The molecule has 102 valence electrons. The van der Waals surface area contributed by atoms with Gasteiger partial charge < -0.3 is 5.11 Å². The van der Waals surface area contributed by atoms with Crippen molar-refractivity contribution < 1.29 is 9.90 Å². The Morgan fingerprint density at radius 1 is 1.00 bits per heavy atom. The number of fused-ring (bicyclic) bond motifs is 2.